The van der Waals surface area contributed by atoms with Crippen molar-refractivity contribution in [3.05, 3.63) is 95.6 Å². The SMILES string of the molecule is O=C(Nc1cc(N2CCCS2(=O)=O)ccc1Cl)c1cn(-c2ccccc2)nc1-c1ccccc1. The molecule has 9 heteroatoms. The second kappa shape index (κ2) is 8.96. The fourth-order valence-corrected chi connectivity index (χ4v) is 5.67. The third-order valence-electron chi connectivity index (χ3n) is 5.61. The van der Waals surface area contributed by atoms with E-state index in [9.17, 15) is 13.2 Å². The van der Waals surface area contributed by atoms with Crippen molar-refractivity contribution in [2.75, 3.05) is 21.9 Å². The topological polar surface area (TPSA) is 84.3 Å². The van der Waals surface area contributed by atoms with Crippen LogP contribution in [0.4, 0.5) is 11.4 Å². The van der Waals surface area contributed by atoms with E-state index in [1.165, 1.54) is 4.31 Å². The third kappa shape index (κ3) is 4.30. The summed E-state index contributed by atoms with van der Waals surface area (Å²) in [5.74, 6) is -0.291. The molecule has 172 valence electrons. The van der Waals surface area contributed by atoms with E-state index in [-0.39, 0.29) is 5.75 Å². The standard InChI is InChI=1S/C25H21ClN4O3S/c26-22-13-12-20(30-14-7-15-34(30,32)33)16-23(22)27-25(31)21-17-29(19-10-5-2-6-11-19)28-24(21)18-8-3-1-4-9-18/h1-6,8-13,16-17H,7,14-15H2,(H,27,31). The van der Waals surface area contributed by atoms with Gasteiger partial charge in [-0.25, -0.2) is 13.1 Å². The lowest BCUT2D eigenvalue weighted by Crippen LogP contribution is -2.25. The van der Waals surface area contributed by atoms with E-state index >= 15 is 0 Å². The second-order valence-corrected chi connectivity index (χ2v) is 10.3. The Balaban J connectivity index is 1.52. The molecule has 1 aliphatic heterocycles. The Morgan fingerprint density at radius 3 is 2.32 bits per heavy atom. The molecule has 1 amide bonds. The minimum atomic E-state index is -3.36. The van der Waals surface area contributed by atoms with Gasteiger partial charge in [0.05, 0.1) is 33.4 Å². The highest BCUT2D eigenvalue weighted by molar-refractivity contribution is 7.93. The summed E-state index contributed by atoms with van der Waals surface area (Å²) in [7, 11) is -3.36. The van der Waals surface area contributed by atoms with E-state index in [1.807, 2.05) is 60.7 Å². The van der Waals surface area contributed by atoms with Crippen LogP contribution in [-0.2, 0) is 10.0 Å². The molecule has 1 aromatic heterocycles. The summed E-state index contributed by atoms with van der Waals surface area (Å²) < 4.78 is 27.7. The fraction of sp³-hybridized carbons (Fsp3) is 0.120. The Kier molecular flexibility index (Phi) is 5.85. The summed E-state index contributed by atoms with van der Waals surface area (Å²) in [6.45, 7) is 0.402. The average Bonchev–Trinajstić information content (AvgIpc) is 3.45. The first-order valence-electron chi connectivity index (χ1n) is 10.7. The van der Waals surface area contributed by atoms with E-state index in [0.717, 1.165) is 11.3 Å². The van der Waals surface area contributed by atoms with E-state index in [4.69, 9.17) is 11.6 Å². The molecule has 0 bridgehead atoms. The zero-order valence-corrected chi connectivity index (χ0v) is 19.6. The number of carbonyl (C=O) groups excluding carboxylic acids is 1. The first-order chi connectivity index (χ1) is 16.4. The van der Waals surface area contributed by atoms with Crippen molar-refractivity contribution < 1.29 is 13.2 Å². The Bertz CT molecular complexity index is 1450. The minimum Gasteiger partial charge on any atom is -0.320 e. The molecule has 1 aliphatic rings. The summed E-state index contributed by atoms with van der Waals surface area (Å²) in [6, 6.07) is 23.8. The van der Waals surface area contributed by atoms with Crippen molar-refractivity contribution in [3.63, 3.8) is 0 Å². The molecule has 3 aromatic carbocycles. The number of amides is 1. The molecule has 0 unspecified atom stereocenters. The lowest BCUT2D eigenvalue weighted by atomic mass is 10.1. The van der Waals surface area contributed by atoms with Crippen molar-refractivity contribution in [1.82, 2.24) is 9.78 Å². The largest absolute Gasteiger partial charge is 0.320 e. The molecule has 0 atom stereocenters. The van der Waals surface area contributed by atoms with Crippen molar-refractivity contribution in [2.24, 2.45) is 0 Å². The molecule has 1 N–H and O–H groups in total. The van der Waals surface area contributed by atoms with Crippen molar-refractivity contribution in [3.8, 4) is 16.9 Å². The quantitative estimate of drug-likeness (QED) is 0.425. The number of aromatic nitrogens is 2. The molecule has 2 heterocycles. The number of nitrogens with zero attached hydrogens (tertiary/aromatic N) is 3. The zero-order valence-electron chi connectivity index (χ0n) is 18.1. The van der Waals surface area contributed by atoms with Crippen molar-refractivity contribution >= 4 is 38.9 Å². The van der Waals surface area contributed by atoms with Crippen LogP contribution in [0.1, 0.15) is 16.8 Å². The monoisotopic (exact) mass is 492 g/mol. The van der Waals surface area contributed by atoms with E-state index in [2.05, 4.69) is 10.4 Å². The Labute approximate surface area is 202 Å². The van der Waals surface area contributed by atoms with Gasteiger partial charge in [-0.3, -0.25) is 9.10 Å². The van der Waals surface area contributed by atoms with E-state index in [0.29, 0.717) is 40.6 Å². The number of benzene rings is 3. The highest BCUT2D eigenvalue weighted by Crippen LogP contribution is 2.32. The smallest absolute Gasteiger partial charge is 0.259 e. The lowest BCUT2D eigenvalue weighted by molar-refractivity contribution is 0.102. The van der Waals surface area contributed by atoms with Gasteiger partial charge in [0.1, 0.15) is 5.69 Å². The Morgan fingerprint density at radius 1 is 0.941 bits per heavy atom. The van der Waals surface area contributed by atoms with Crippen molar-refractivity contribution in [1.29, 1.82) is 0 Å². The number of anilines is 2. The number of carbonyl (C=O) groups is 1. The minimum absolute atomic E-state index is 0.108. The highest BCUT2D eigenvalue weighted by Gasteiger charge is 2.29. The number of hydrogen-bond donors (Lipinski definition) is 1. The van der Waals surface area contributed by atoms with E-state index in [1.54, 1.807) is 29.1 Å². The van der Waals surface area contributed by atoms with Crippen LogP contribution in [0.15, 0.2) is 85.1 Å². The summed E-state index contributed by atoms with van der Waals surface area (Å²) in [5.41, 5.74) is 3.31. The molecular formula is C25H21ClN4O3S. The molecule has 5 rings (SSSR count). The molecule has 4 aromatic rings. The van der Waals surface area contributed by atoms with Gasteiger partial charge in [-0.1, -0.05) is 60.1 Å². The number of para-hydroxylation sites is 1. The molecular weight excluding hydrogens is 472 g/mol. The summed E-state index contributed by atoms with van der Waals surface area (Å²) in [6.07, 6.45) is 2.24. The maximum Gasteiger partial charge on any atom is 0.259 e. The van der Waals surface area contributed by atoms with Gasteiger partial charge in [-0.05, 0) is 36.8 Å². The normalized spacial score (nSPS) is 14.8. The van der Waals surface area contributed by atoms with Crippen LogP contribution >= 0.6 is 11.6 Å². The van der Waals surface area contributed by atoms with Gasteiger partial charge in [0.2, 0.25) is 10.0 Å². The van der Waals surface area contributed by atoms with Gasteiger partial charge < -0.3 is 5.32 Å². The van der Waals surface area contributed by atoms with Crippen LogP contribution in [0.3, 0.4) is 0 Å². The zero-order chi connectivity index (χ0) is 23.7. The van der Waals surface area contributed by atoms with Gasteiger partial charge >= 0.3 is 0 Å². The first-order valence-corrected chi connectivity index (χ1v) is 12.7. The maximum atomic E-state index is 13.4. The number of rotatable bonds is 5. The van der Waals surface area contributed by atoms with Crippen LogP contribution < -0.4 is 9.62 Å². The van der Waals surface area contributed by atoms with Gasteiger partial charge in [0, 0.05) is 18.3 Å². The maximum absolute atomic E-state index is 13.4. The van der Waals surface area contributed by atoms with Gasteiger partial charge in [0.15, 0.2) is 0 Å². The second-order valence-electron chi connectivity index (χ2n) is 7.90. The molecule has 0 aliphatic carbocycles. The predicted molar refractivity (Wildman–Crippen MR) is 134 cm³/mol. The molecule has 7 nitrogen and oxygen atoms in total. The van der Waals surface area contributed by atoms with Crippen LogP contribution in [-0.4, -0.2) is 36.4 Å². The number of nitrogens with one attached hydrogen (secondary N) is 1. The molecule has 1 saturated heterocycles. The van der Waals surface area contributed by atoms with Gasteiger partial charge in [0.25, 0.3) is 5.91 Å². The number of halogens is 1. The summed E-state index contributed by atoms with van der Waals surface area (Å²) in [5, 5.41) is 7.83. The first kappa shape index (κ1) is 22.2. The predicted octanol–water partition coefficient (Wildman–Crippen LogP) is 4.98. The Hall–Kier alpha value is -3.62. The molecule has 34 heavy (non-hydrogen) atoms. The third-order valence-corrected chi connectivity index (χ3v) is 7.81. The summed E-state index contributed by atoms with van der Waals surface area (Å²) >= 11 is 6.36. The van der Waals surface area contributed by atoms with Crippen LogP contribution in [0.2, 0.25) is 5.02 Å². The molecule has 1 fully saturated rings. The van der Waals surface area contributed by atoms with Crippen LogP contribution in [0.5, 0.6) is 0 Å². The van der Waals surface area contributed by atoms with Gasteiger partial charge in [-0.2, -0.15) is 5.10 Å². The van der Waals surface area contributed by atoms with Crippen LogP contribution in [0, 0.1) is 0 Å². The van der Waals surface area contributed by atoms with Crippen molar-refractivity contribution in [2.45, 2.75) is 6.42 Å². The fourth-order valence-electron chi connectivity index (χ4n) is 3.95. The molecule has 0 radical (unpaired) electrons. The van der Waals surface area contributed by atoms with Crippen LogP contribution in [0.25, 0.3) is 16.9 Å². The lowest BCUT2D eigenvalue weighted by Gasteiger charge is -2.18. The molecule has 0 spiro atoms. The average molecular weight is 493 g/mol. The highest BCUT2D eigenvalue weighted by atomic mass is 35.5. The number of hydrogen-bond acceptors (Lipinski definition) is 4. The Morgan fingerprint density at radius 2 is 1.65 bits per heavy atom. The molecule has 0 saturated carbocycles. The van der Waals surface area contributed by atoms with Gasteiger partial charge in [-0.15, -0.1) is 0 Å². The summed E-state index contributed by atoms with van der Waals surface area (Å²) in [4.78, 5) is 13.4. The van der Waals surface area contributed by atoms with E-state index < -0.39 is 15.9 Å². The number of sulfonamides is 1.